The van der Waals surface area contributed by atoms with Gasteiger partial charge in [0.05, 0.1) is 29.7 Å². The average Bonchev–Trinajstić information content (AvgIpc) is 3.59. The summed E-state index contributed by atoms with van der Waals surface area (Å²) in [5, 5.41) is 6.89. The standard InChI is InChI=1S/C29H28N6O2/c1-17-5-4-6-20(11-17)18(2)31-29(37)23-14-34(3)25-10-9-21(12-22(23)25)24-15-35-16-26(32-27(35)13-30-24)33-28(36)19-7-8-19/h4-6,9-16,18-19H,7-8H2,1-3H3,(H,31,37)(H,33,36)/t18-/m0/s1. The first kappa shape index (κ1) is 23.0. The van der Waals surface area contributed by atoms with E-state index in [1.54, 1.807) is 12.4 Å². The topological polar surface area (TPSA) is 93.3 Å². The molecule has 37 heavy (non-hydrogen) atoms. The van der Waals surface area contributed by atoms with Gasteiger partial charge in [-0.1, -0.05) is 35.9 Å². The van der Waals surface area contributed by atoms with Gasteiger partial charge in [0.1, 0.15) is 0 Å². The maximum Gasteiger partial charge on any atom is 0.253 e. The van der Waals surface area contributed by atoms with E-state index >= 15 is 0 Å². The second-order valence-electron chi connectivity index (χ2n) is 9.92. The third-order valence-corrected chi connectivity index (χ3v) is 6.96. The van der Waals surface area contributed by atoms with Crippen LogP contribution in [-0.4, -0.2) is 30.8 Å². The Morgan fingerprint density at radius 3 is 2.70 bits per heavy atom. The van der Waals surface area contributed by atoms with Crippen molar-refractivity contribution in [1.29, 1.82) is 0 Å². The summed E-state index contributed by atoms with van der Waals surface area (Å²) < 4.78 is 3.82. The fourth-order valence-corrected chi connectivity index (χ4v) is 4.71. The van der Waals surface area contributed by atoms with E-state index in [0.717, 1.165) is 46.1 Å². The lowest BCUT2D eigenvalue weighted by atomic mass is 10.0. The minimum Gasteiger partial charge on any atom is -0.350 e. The molecule has 0 saturated heterocycles. The van der Waals surface area contributed by atoms with Gasteiger partial charge >= 0.3 is 0 Å². The molecule has 0 spiro atoms. The third-order valence-electron chi connectivity index (χ3n) is 6.96. The van der Waals surface area contributed by atoms with Crippen LogP contribution in [0.1, 0.15) is 47.3 Å². The average molecular weight is 493 g/mol. The summed E-state index contributed by atoms with van der Waals surface area (Å²) in [5.41, 5.74) is 6.10. The van der Waals surface area contributed by atoms with Crippen molar-refractivity contribution in [3.63, 3.8) is 0 Å². The van der Waals surface area contributed by atoms with Gasteiger partial charge in [-0.2, -0.15) is 0 Å². The molecule has 2 aromatic carbocycles. The number of nitrogens with zero attached hydrogens (tertiary/aromatic N) is 4. The lowest BCUT2D eigenvalue weighted by Crippen LogP contribution is -2.26. The van der Waals surface area contributed by atoms with Crippen LogP contribution < -0.4 is 10.6 Å². The number of hydrogen-bond donors (Lipinski definition) is 2. The highest BCUT2D eigenvalue weighted by Crippen LogP contribution is 2.31. The second kappa shape index (κ2) is 8.89. The van der Waals surface area contributed by atoms with Crippen molar-refractivity contribution < 1.29 is 9.59 Å². The summed E-state index contributed by atoms with van der Waals surface area (Å²) in [5.74, 6) is 0.540. The van der Waals surface area contributed by atoms with Crippen LogP contribution in [0.4, 0.5) is 5.82 Å². The van der Waals surface area contributed by atoms with Gasteiger partial charge in [-0.15, -0.1) is 0 Å². The Kier molecular flexibility index (Phi) is 5.52. The van der Waals surface area contributed by atoms with E-state index in [-0.39, 0.29) is 23.8 Å². The minimum absolute atomic E-state index is 0.0219. The summed E-state index contributed by atoms with van der Waals surface area (Å²) in [4.78, 5) is 34.5. The molecule has 6 rings (SSSR count). The number of aryl methyl sites for hydroxylation is 2. The molecule has 0 bridgehead atoms. The molecular weight excluding hydrogens is 464 g/mol. The number of hydrogen-bond acceptors (Lipinski definition) is 4. The Labute approximate surface area is 214 Å². The molecule has 3 aromatic heterocycles. The smallest absolute Gasteiger partial charge is 0.253 e. The number of rotatable bonds is 6. The van der Waals surface area contributed by atoms with Gasteiger partial charge in [0.15, 0.2) is 11.5 Å². The predicted molar refractivity (Wildman–Crippen MR) is 143 cm³/mol. The Balaban J connectivity index is 1.29. The van der Waals surface area contributed by atoms with Crippen molar-refractivity contribution in [3.05, 3.63) is 83.9 Å². The van der Waals surface area contributed by atoms with Crippen molar-refractivity contribution in [1.82, 2.24) is 24.3 Å². The molecular formula is C29H28N6O2. The van der Waals surface area contributed by atoms with Crippen LogP contribution in [-0.2, 0) is 11.8 Å². The molecule has 1 aliphatic carbocycles. The van der Waals surface area contributed by atoms with Gasteiger partial charge < -0.3 is 19.6 Å². The molecule has 1 atom stereocenters. The second-order valence-corrected chi connectivity index (χ2v) is 9.92. The molecule has 1 saturated carbocycles. The van der Waals surface area contributed by atoms with Gasteiger partial charge in [0.2, 0.25) is 5.91 Å². The third kappa shape index (κ3) is 4.46. The monoisotopic (exact) mass is 492 g/mol. The Bertz CT molecular complexity index is 1680. The highest BCUT2D eigenvalue weighted by molar-refractivity contribution is 6.08. The zero-order valence-corrected chi connectivity index (χ0v) is 21.0. The maximum absolute atomic E-state index is 13.3. The molecule has 2 N–H and O–H groups in total. The molecule has 5 aromatic rings. The lowest BCUT2D eigenvalue weighted by Gasteiger charge is -2.14. The molecule has 0 radical (unpaired) electrons. The van der Waals surface area contributed by atoms with Crippen molar-refractivity contribution in [2.45, 2.75) is 32.7 Å². The number of carbonyl (C=O) groups excluding carboxylic acids is 2. The number of imidazole rings is 1. The fraction of sp³-hybridized carbons (Fsp3) is 0.241. The molecule has 8 heteroatoms. The number of fused-ring (bicyclic) bond motifs is 2. The molecule has 1 aliphatic rings. The normalized spacial score (nSPS) is 14.1. The fourth-order valence-electron chi connectivity index (χ4n) is 4.71. The van der Waals surface area contributed by atoms with Crippen LogP contribution in [0.5, 0.6) is 0 Å². The quantitative estimate of drug-likeness (QED) is 0.347. The molecule has 0 aliphatic heterocycles. The van der Waals surface area contributed by atoms with E-state index in [2.05, 4.69) is 26.7 Å². The number of anilines is 1. The number of nitrogens with one attached hydrogen (secondary N) is 2. The number of aromatic nitrogens is 4. The zero-order chi connectivity index (χ0) is 25.7. The highest BCUT2D eigenvalue weighted by Gasteiger charge is 2.30. The van der Waals surface area contributed by atoms with Gasteiger partial charge in [-0.3, -0.25) is 14.6 Å². The predicted octanol–water partition coefficient (Wildman–Crippen LogP) is 5.04. The largest absolute Gasteiger partial charge is 0.350 e. The molecule has 186 valence electrons. The lowest BCUT2D eigenvalue weighted by molar-refractivity contribution is -0.117. The van der Waals surface area contributed by atoms with Crippen molar-refractivity contribution in [3.8, 4) is 11.3 Å². The first-order valence-corrected chi connectivity index (χ1v) is 12.5. The maximum atomic E-state index is 13.3. The molecule has 2 amide bonds. The van der Waals surface area contributed by atoms with Gasteiger partial charge in [-0.25, -0.2) is 4.98 Å². The van der Waals surface area contributed by atoms with Crippen LogP contribution in [0, 0.1) is 12.8 Å². The molecule has 8 nitrogen and oxygen atoms in total. The Morgan fingerprint density at radius 1 is 1.08 bits per heavy atom. The summed E-state index contributed by atoms with van der Waals surface area (Å²) in [6.07, 6.45) is 9.13. The first-order chi connectivity index (χ1) is 17.9. The summed E-state index contributed by atoms with van der Waals surface area (Å²) in [6.45, 7) is 4.04. The van der Waals surface area contributed by atoms with E-state index in [0.29, 0.717) is 17.0 Å². The van der Waals surface area contributed by atoms with Crippen molar-refractivity contribution in [2.75, 3.05) is 5.32 Å². The minimum atomic E-state index is -0.120. The summed E-state index contributed by atoms with van der Waals surface area (Å²) in [7, 11) is 1.94. The summed E-state index contributed by atoms with van der Waals surface area (Å²) >= 11 is 0. The van der Waals surface area contributed by atoms with Gasteiger partial charge in [0.25, 0.3) is 5.91 Å². The van der Waals surface area contributed by atoms with E-state index in [1.807, 2.05) is 78.7 Å². The highest BCUT2D eigenvalue weighted by atomic mass is 16.2. The SMILES string of the molecule is Cc1cccc([C@H](C)NC(=O)c2cn(C)c3ccc(-c4cn5cc(NC(=O)C6CC6)nc5cn4)cc23)c1. The zero-order valence-electron chi connectivity index (χ0n) is 21.0. The number of amides is 2. The van der Waals surface area contributed by atoms with Crippen LogP contribution in [0.2, 0.25) is 0 Å². The number of benzene rings is 2. The molecule has 3 heterocycles. The Morgan fingerprint density at radius 2 is 1.92 bits per heavy atom. The van der Waals surface area contributed by atoms with Crippen molar-refractivity contribution in [2.24, 2.45) is 13.0 Å². The van der Waals surface area contributed by atoms with Gasteiger partial charge in [0, 0.05) is 41.8 Å². The first-order valence-electron chi connectivity index (χ1n) is 12.5. The number of carbonyl (C=O) groups is 2. The van der Waals surface area contributed by atoms with Crippen LogP contribution in [0.15, 0.2) is 67.3 Å². The van der Waals surface area contributed by atoms with Crippen molar-refractivity contribution >= 4 is 34.2 Å². The van der Waals surface area contributed by atoms with Crippen LogP contribution in [0.3, 0.4) is 0 Å². The van der Waals surface area contributed by atoms with E-state index in [9.17, 15) is 9.59 Å². The molecule has 0 unspecified atom stereocenters. The van der Waals surface area contributed by atoms with Gasteiger partial charge in [-0.05, 0) is 44.4 Å². The van der Waals surface area contributed by atoms with Crippen LogP contribution >= 0.6 is 0 Å². The van der Waals surface area contributed by atoms with Crippen LogP contribution in [0.25, 0.3) is 27.8 Å². The van der Waals surface area contributed by atoms with E-state index in [1.165, 1.54) is 0 Å². The Hall–Kier alpha value is -4.46. The summed E-state index contributed by atoms with van der Waals surface area (Å²) in [6, 6.07) is 14.1. The van der Waals surface area contributed by atoms with E-state index < -0.39 is 0 Å². The molecule has 1 fully saturated rings. The van der Waals surface area contributed by atoms with E-state index in [4.69, 9.17) is 0 Å².